The summed E-state index contributed by atoms with van der Waals surface area (Å²) in [6.07, 6.45) is 2.70. The molecular weight excluding hydrogens is 306 g/mol. The third-order valence-corrected chi connectivity index (χ3v) is 2.90. The van der Waals surface area contributed by atoms with E-state index >= 15 is 0 Å². The van der Waals surface area contributed by atoms with Gasteiger partial charge in [0.2, 0.25) is 0 Å². The number of nitro groups is 1. The highest BCUT2D eigenvalue weighted by Gasteiger charge is 2.18. The molecule has 0 spiro atoms. The molecule has 9 nitrogen and oxygen atoms in total. The fraction of sp³-hybridized carbons (Fsp3) is 0.0714. The number of ether oxygens (including phenoxy) is 1. The molecule has 0 aliphatic rings. The van der Waals surface area contributed by atoms with Gasteiger partial charge in [-0.2, -0.15) is 0 Å². The van der Waals surface area contributed by atoms with Crippen LogP contribution in [0.2, 0.25) is 0 Å². The number of rotatable bonds is 4. The van der Waals surface area contributed by atoms with Crippen molar-refractivity contribution in [1.82, 2.24) is 9.97 Å². The van der Waals surface area contributed by atoms with Crippen LogP contribution in [0.4, 0.5) is 5.69 Å². The number of benzene rings is 1. The zero-order chi connectivity index (χ0) is 17.0. The van der Waals surface area contributed by atoms with E-state index in [-0.39, 0.29) is 5.69 Å². The highest BCUT2D eigenvalue weighted by molar-refractivity contribution is 5.89. The molecule has 2 rings (SSSR count). The van der Waals surface area contributed by atoms with Gasteiger partial charge in [-0.3, -0.25) is 19.9 Å². The third-order valence-electron chi connectivity index (χ3n) is 2.90. The van der Waals surface area contributed by atoms with E-state index < -0.39 is 27.8 Å². The fourth-order valence-electron chi connectivity index (χ4n) is 1.83. The molecular formula is C14H11N3O6. The Hall–Kier alpha value is -3.49. The maximum absolute atomic E-state index is 11.5. The van der Waals surface area contributed by atoms with E-state index in [1.807, 2.05) is 0 Å². The molecule has 0 bridgehead atoms. The predicted octanol–water partition coefficient (Wildman–Crippen LogP) is 0.928. The van der Waals surface area contributed by atoms with Crippen molar-refractivity contribution in [3.8, 4) is 0 Å². The molecule has 9 heteroatoms. The molecule has 118 valence electrons. The minimum Gasteiger partial charge on any atom is -0.465 e. The Labute approximate surface area is 128 Å². The lowest BCUT2D eigenvalue weighted by molar-refractivity contribution is -0.386. The molecule has 0 aliphatic heterocycles. The summed E-state index contributed by atoms with van der Waals surface area (Å²) in [5.41, 5.74) is -1.96. The number of hydrogen-bond acceptors (Lipinski definition) is 6. The first kappa shape index (κ1) is 15.9. The number of aromatic nitrogens is 2. The van der Waals surface area contributed by atoms with Crippen LogP contribution in [0.15, 0.2) is 33.9 Å². The lowest BCUT2D eigenvalue weighted by Gasteiger charge is -1.99. The Balaban J connectivity index is 2.37. The minimum absolute atomic E-state index is 0.221. The Kier molecular flexibility index (Phi) is 4.50. The number of carbonyl (C=O) groups excluding carboxylic acids is 1. The maximum Gasteiger partial charge on any atom is 0.357 e. The standard InChI is InChI=1S/C14H11N3O6/c1-23-13(19)9-5-2-8(3-6-9)4-7-10-11(17(21)22)12(18)16-14(20)15-10/h2-7H,1H3,(H2,15,16,18,20). The second-order valence-electron chi connectivity index (χ2n) is 4.37. The molecule has 1 aromatic heterocycles. The van der Waals surface area contributed by atoms with Gasteiger partial charge < -0.3 is 9.72 Å². The van der Waals surface area contributed by atoms with Gasteiger partial charge in [0.05, 0.1) is 17.6 Å². The third kappa shape index (κ3) is 3.59. The summed E-state index contributed by atoms with van der Waals surface area (Å²) >= 11 is 0. The quantitative estimate of drug-likeness (QED) is 0.489. The first-order chi connectivity index (χ1) is 10.9. The van der Waals surface area contributed by atoms with Gasteiger partial charge in [0.15, 0.2) is 0 Å². The van der Waals surface area contributed by atoms with Gasteiger partial charge in [-0.25, -0.2) is 9.59 Å². The summed E-state index contributed by atoms with van der Waals surface area (Å²) in [6.45, 7) is 0. The van der Waals surface area contributed by atoms with Gasteiger partial charge in [0.25, 0.3) is 0 Å². The Morgan fingerprint density at radius 2 is 1.83 bits per heavy atom. The van der Waals surface area contributed by atoms with Crippen molar-refractivity contribution in [2.45, 2.75) is 0 Å². The van der Waals surface area contributed by atoms with E-state index in [0.717, 1.165) is 0 Å². The van der Waals surface area contributed by atoms with Gasteiger partial charge in [0, 0.05) is 0 Å². The van der Waals surface area contributed by atoms with Crippen LogP contribution in [-0.4, -0.2) is 28.0 Å². The smallest absolute Gasteiger partial charge is 0.357 e. The Morgan fingerprint density at radius 3 is 2.39 bits per heavy atom. The van der Waals surface area contributed by atoms with E-state index in [0.29, 0.717) is 11.1 Å². The zero-order valence-corrected chi connectivity index (χ0v) is 11.9. The van der Waals surface area contributed by atoms with Crippen LogP contribution < -0.4 is 11.2 Å². The van der Waals surface area contributed by atoms with Gasteiger partial charge >= 0.3 is 22.9 Å². The van der Waals surface area contributed by atoms with E-state index in [4.69, 9.17) is 0 Å². The summed E-state index contributed by atoms with van der Waals surface area (Å²) in [5, 5.41) is 10.9. The molecule has 2 N–H and O–H groups in total. The number of carbonyl (C=O) groups is 1. The molecule has 1 heterocycles. The van der Waals surface area contributed by atoms with Crippen molar-refractivity contribution >= 4 is 23.8 Å². The molecule has 1 aromatic carbocycles. The summed E-state index contributed by atoms with van der Waals surface area (Å²) in [5.74, 6) is -0.491. The largest absolute Gasteiger partial charge is 0.465 e. The van der Waals surface area contributed by atoms with Crippen LogP contribution in [0.5, 0.6) is 0 Å². The number of nitrogens with one attached hydrogen (secondary N) is 2. The molecule has 2 aromatic rings. The van der Waals surface area contributed by atoms with Crippen molar-refractivity contribution in [1.29, 1.82) is 0 Å². The summed E-state index contributed by atoms with van der Waals surface area (Å²) in [6, 6.07) is 6.20. The number of methoxy groups -OCH3 is 1. The number of esters is 1. The predicted molar refractivity (Wildman–Crippen MR) is 81.0 cm³/mol. The van der Waals surface area contributed by atoms with Gasteiger partial charge in [-0.1, -0.05) is 18.2 Å². The SMILES string of the molecule is COC(=O)c1ccc(C=Cc2[nH]c(=O)[nH]c(=O)c2[N+](=O)[O-])cc1. The van der Waals surface area contributed by atoms with Gasteiger partial charge in [-0.15, -0.1) is 0 Å². The minimum atomic E-state index is -1.08. The monoisotopic (exact) mass is 317 g/mol. The van der Waals surface area contributed by atoms with Crippen molar-refractivity contribution in [2.24, 2.45) is 0 Å². The first-order valence-electron chi connectivity index (χ1n) is 6.30. The summed E-state index contributed by atoms with van der Waals surface area (Å²) in [4.78, 5) is 48.0. The topological polar surface area (TPSA) is 135 Å². The summed E-state index contributed by atoms with van der Waals surface area (Å²) < 4.78 is 4.56. The van der Waals surface area contributed by atoms with Crippen molar-refractivity contribution in [3.05, 3.63) is 72.0 Å². The summed E-state index contributed by atoms with van der Waals surface area (Å²) in [7, 11) is 1.26. The molecule has 23 heavy (non-hydrogen) atoms. The second kappa shape index (κ2) is 6.52. The number of hydrogen-bond donors (Lipinski definition) is 2. The van der Waals surface area contributed by atoms with Crippen LogP contribution in [0, 0.1) is 10.1 Å². The number of nitrogens with zero attached hydrogens (tertiary/aromatic N) is 1. The number of H-pyrrole nitrogens is 2. The molecule has 0 fully saturated rings. The van der Waals surface area contributed by atoms with E-state index in [1.165, 1.54) is 31.4 Å². The van der Waals surface area contributed by atoms with Gasteiger partial charge in [0.1, 0.15) is 5.69 Å². The molecule has 0 saturated carbocycles. The highest BCUT2D eigenvalue weighted by Crippen LogP contribution is 2.13. The average molecular weight is 317 g/mol. The molecule has 0 amide bonds. The Morgan fingerprint density at radius 1 is 1.17 bits per heavy atom. The average Bonchev–Trinajstić information content (AvgIpc) is 2.51. The number of aromatic amines is 2. The lowest BCUT2D eigenvalue weighted by atomic mass is 10.1. The molecule has 0 saturated heterocycles. The zero-order valence-electron chi connectivity index (χ0n) is 11.9. The highest BCUT2D eigenvalue weighted by atomic mass is 16.6. The Bertz CT molecular complexity index is 892. The van der Waals surface area contributed by atoms with Crippen LogP contribution >= 0.6 is 0 Å². The molecule has 0 radical (unpaired) electrons. The lowest BCUT2D eigenvalue weighted by Crippen LogP contribution is -2.25. The normalized spacial score (nSPS) is 10.7. The molecule has 0 aliphatic carbocycles. The van der Waals surface area contributed by atoms with Gasteiger partial charge in [-0.05, 0) is 23.8 Å². The van der Waals surface area contributed by atoms with Crippen LogP contribution in [0.1, 0.15) is 21.6 Å². The van der Waals surface area contributed by atoms with Crippen molar-refractivity contribution < 1.29 is 14.5 Å². The van der Waals surface area contributed by atoms with Crippen molar-refractivity contribution in [2.75, 3.05) is 7.11 Å². The van der Waals surface area contributed by atoms with Crippen LogP contribution in [-0.2, 0) is 4.74 Å². The first-order valence-corrected chi connectivity index (χ1v) is 6.30. The molecule has 0 atom stereocenters. The second-order valence-corrected chi connectivity index (χ2v) is 4.37. The maximum atomic E-state index is 11.5. The van der Waals surface area contributed by atoms with E-state index in [2.05, 4.69) is 9.72 Å². The van der Waals surface area contributed by atoms with Crippen molar-refractivity contribution in [3.63, 3.8) is 0 Å². The van der Waals surface area contributed by atoms with E-state index in [9.17, 15) is 24.5 Å². The molecule has 0 unspecified atom stereocenters. The fourth-order valence-corrected chi connectivity index (χ4v) is 1.83. The van der Waals surface area contributed by atoms with Crippen LogP contribution in [0.3, 0.4) is 0 Å². The van der Waals surface area contributed by atoms with Crippen LogP contribution in [0.25, 0.3) is 12.2 Å². The van der Waals surface area contributed by atoms with E-state index in [1.54, 1.807) is 17.1 Å².